The summed E-state index contributed by atoms with van der Waals surface area (Å²) in [6, 6.07) is 5.21. The number of primary amides is 1. The van der Waals surface area contributed by atoms with Gasteiger partial charge in [-0.2, -0.15) is 0 Å². The molecule has 0 aromatic heterocycles. The van der Waals surface area contributed by atoms with Crippen molar-refractivity contribution in [3.05, 3.63) is 34.9 Å². The first kappa shape index (κ1) is 14.7. The Hall–Kier alpha value is -2.32. The Bertz CT molecular complexity index is 541. The molecule has 5 heteroatoms. The number of nitrogens with two attached hydrogens (primary N) is 1. The molecule has 0 spiro atoms. The number of hydrogen-bond donors (Lipinski definition) is 3. The predicted octanol–water partition coefficient (Wildman–Crippen LogP) is -0.0560. The molecule has 0 saturated carbocycles. The summed E-state index contributed by atoms with van der Waals surface area (Å²) in [6.45, 7) is 1.79. The van der Waals surface area contributed by atoms with Gasteiger partial charge in [0.05, 0.1) is 0 Å². The van der Waals surface area contributed by atoms with Crippen molar-refractivity contribution in [3.8, 4) is 11.8 Å². The maximum atomic E-state index is 11.9. The molecule has 0 fully saturated rings. The van der Waals surface area contributed by atoms with Gasteiger partial charge >= 0.3 is 0 Å². The van der Waals surface area contributed by atoms with Gasteiger partial charge in [0.2, 0.25) is 5.91 Å². The fourth-order valence-electron chi connectivity index (χ4n) is 1.48. The summed E-state index contributed by atoms with van der Waals surface area (Å²) in [6.07, 6.45) is 0.106. The number of aliphatic hydroxyl groups is 1. The lowest BCUT2D eigenvalue weighted by Gasteiger charge is -2.07. The van der Waals surface area contributed by atoms with E-state index in [1.54, 1.807) is 18.2 Å². The third-order valence-electron chi connectivity index (χ3n) is 2.45. The largest absolute Gasteiger partial charge is 0.384 e. The molecule has 1 aromatic carbocycles. The summed E-state index contributed by atoms with van der Waals surface area (Å²) in [5, 5.41) is 11.2. The van der Waals surface area contributed by atoms with Gasteiger partial charge in [-0.15, -0.1) is 0 Å². The molecule has 1 rings (SSSR count). The molecule has 0 aliphatic heterocycles. The molecule has 19 heavy (non-hydrogen) atoms. The second-order valence-corrected chi connectivity index (χ2v) is 3.96. The molecule has 100 valence electrons. The zero-order valence-electron chi connectivity index (χ0n) is 10.7. The molecule has 0 radical (unpaired) electrons. The minimum atomic E-state index is -0.459. The smallest absolute Gasteiger partial charge is 0.251 e. The van der Waals surface area contributed by atoms with Gasteiger partial charge in [-0.1, -0.05) is 17.9 Å². The van der Waals surface area contributed by atoms with Crippen molar-refractivity contribution in [1.82, 2.24) is 5.32 Å². The molecule has 0 heterocycles. The van der Waals surface area contributed by atoms with E-state index in [4.69, 9.17) is 10.8 Å². The van der Waals surface area contributed by atoms with Crippen molar-refractivity contribution in [1.29, 1.82) is 0 Å². The highest BCUT2D eigenvalue weighted by atomic mass is 16.2. The van der Waals surface area contributed by atoms with Crippen LogP contribution in [-0.4, -0.2) is 30.1 Å². The van der Waals surface area contributed by atoms with Crippen LogP contribution in [0.3, 0.4) is 0 Å². The molecule has 5 nitrogen and oxygen atoms in total. The molecule has 0 atom stereocenters. The molecule has 0 saturated heterocycles. The number of aryl methyl sites for hydroxylation is 1. The molecule has 0 aliphatic rings. The molecule has 2 amide bonds. The summed E-state index contributed by atoms with van der Waals surface area (Å²) in [5.41, 5.74) is 6.95. The van der Waals surface area contributed by atoms with Gasteiger partial charge in [0.25, 0.3) is 5.91 Å². The van der Waals surface area contributed by atoms with Gasteiger partial charge < -0.3 is 16.2 Å². The maximum absolute atomic E-state index is 11.9. The third-order valence-corrected chi connectivity index (χ3v) is 2.45. The molecule has 0 bridgehead atoms. The Labute approximate surface area is 111 Å². The zero-order valence-corrected chi connectivity index (χ0v) is 10.7. The van der Waals surface area contributed by atoms with Crippen LogP contribution in [0.5, 0.6) is 0 Å². The molecule has 0 aliphatic carbocycles. The monoisotopic (exact) mass is 260 g/mol. The van der Waals surface area contributed by atoms with Gasteiger partial charge in [0, 0.05) is 24.1 Å². The van der Waals surface area contributed by atoms with Crippen LogP contribution < -0.4 is 11.1 Å². The summed E-state index contributed by atoms with van der Waals surface area (Å²) in [7, 11) is 0. The minimum Gasteiger partial charge on any atom is -0.384 e. The third kappa shape index (κ3) is 4.82. The first-order valence-corrected chi connectivity index (χ1v) is 5.81. The molecule has 0 unspecified atom stereocenters. The average Bonchev–Trinajstić information content (AvgIpc) is 2.37. The summed E-state index contributed by atoms with van der Waals surface area (Å²) >= 11 is 0. The van der Waals surface area contributed by atoms with Crippen molar-refractivity contribution in [2.45, 2.75) is 13.3 Å². The average molecular weight is 260 g/mol. The highest BCUT2D eigenvalue weighted by Crippen LogP contribution is 2.10. The first-order valence-electron chi connectivity index (χ1n) is 5.81. The van der Waals surface area contributed by atoms with E-state index < -0.39 is 5.91 Å². The molecular weight excluding hydrogens is 244 g/mol. The van der Waals surface area contributed by atoms with Gasteiger partial charge in [-0.05, 0) is 24.6 Å². The normalized spacial score (nSPS) is 9.37. The number of aliphatic hydroxyl groups excluding tert-OH is 1. The second kappa shape index (κ2) is 7.19. The highest BCUT2D eigenvalue weighted by molar-refractivity contribution is 5.96. The fourth-order valence-corrected chi connectivity index (χ4v) is 1.48. The highest BCUT2D eigenvalue weighted by Gasteiger charge is 2.09. The first-order chi connectivity index (χ1) is 9.04. The van der Waals surface area contributed by atoms with E-state index in [1.807, 2.05) is 6.92 Å². The van der Waals surface area contributed by atoms with Gasteiger partial charge in [0.15, 0.2) is 0 Å². The van der Waals surface area contributed by atoms with Crippen LogP contribution in [0, 0.1) is 18.8 Å². The van der Waals surface area contributed by atoms with Crippen LogP contribution >= 0.6 is 0 Å². The van der Waals surface area contributed by atoms with Crippen molar-refractivity contribution in [2.75, 3.05) is 13.2 Å². The fraction of sp³-hybridized carbons (Fsp3) is 0.286. The Kier molecular flexibility index (Phi) is 5.58. The SMILES string of the molecule is Cc1ccc(C#CCO)cc1C(=O)NCCC(N)=O. The van der Waals surface area contributed by atoms with Crippen molar-refractivity contribution in [3.63, 3.8) is 0 Å². The quantitative estimate of drug-likeness (QED) is 0.662. The van der Waals surface area contributed by atoms with Crippen molar-refractivity contribution < 1.29 is 14.7 Å². The second-order valence-electron chi connectivity index (χ2n) is 3.96. The number of nitrogens with one attached hydrogen (secondary N) is 1. The minimum absolute atomic E-state index is 0.106. The van der Waals surface area contributed by atoms with Crippen LogP contribution in [0.25, 0.3) is 0 Å². The van der Waals surface area contributed by atoms with Crippen LogP contribution in [0.2, 0.25) is 0 Å². The van der Waals surface area contributed by atoms with E-state index in [9.17, 15) is 9.59 Å². The number of rotatable bonds is 4. The van der Waals surface area contributed by atoms with E-state index in [1.165, 1.54) is 0 Å². The number of carbonyl (C=O) groups excluding carboxylic acids is 2. The molecule has 4 N–H and O–H groups in total. The van der Waals surface area contributed by atoms with E-state index >= 15 is 0 Å². The van der Waals surface area contributed by atoms with E-state index in [0.29, 0.717) is 11.1 Å². The number of hydrogen-bond acceptors (Lipinski definition) is 3. The Morgan fingerprint density at radius 1 is 1.42 bits per heavy atom. The van der Waals surface area contributed by atoms with Crippen molar-refractivity contribution in [2.24, 2.45) is 5.73 Å². The summed E-state index contributed by atoms with van der Waals surface area (Å²) in [5.74, 6) is 4.53. The standard InChI is InChI=1S/C14H16N2O3/c1-10-4-5-11(3-2-8-17)9-12(10)14(19)16-7-6-13(15)18/h4-5,9,17H,6-8H2,1H3,(H2,15,18)(H,16,19). The lowest BCUT2D eigenvalue weighted by Crippen LogP contribution is -2.28. The zero-order chi connectivity index (χ0) is 14.3. The molecular formula is C14H16N2O3. The number of carbonyl (C=O) groups is 2. The van der Waals surface area contributed by atoms with Crippen LogP contribution in [-0.2, 0) is 4.79 Å². The van der Waals surface area contributed by atoms with E-state index in [-0.39, 0.29) is 25.5 Å². The number of amides is 2. The Balaban J connectivity index is 2.80. The maximum Gasteiger partial charge on any atom is 0.251 e. The topological polar surface area (TPSA) is 92.4 Å². The lowest BCUT2D eigenvalue weighted by atomic mass is 10.0. The summed E-state index contributed by atoms with van der Waals surface area (Å²) < 4.78 is 0. The molecule has 1 aromatic rings. The lowest BCUT2D eigenvalue weighted by molar-refractivity contribution is -0.117. The van der Waals surface area contributed by atoms with E-state index in [2.05, 4.69) is 17.2 Å². The van der Waals surface area contributed by atoms with Crippen LogP contribution in [0.4, 0.5) is 0 Å². The van der Waals surface area contributed by atoms with Crippen LogP contribution in [0.1, 0.15) is 27.9 Å². The Morgan fingerprint density at radius 3 is 2.79 bits per heavy atom. The van der Waals surface area contributed by atoms with E-state index in [0.717, 1.165) is 5.56 Å². The van der Waals surface area contributed by atoms with Gasteiger partial charge in [0.1, 0.15) is 6.61 Å². The number of benzene rings is 1. The van der Waals surface area contributed by atoms with Gasteiger partial charge in [-0.3, -0.25) is 9.59 Å². The van der Waals surface area contributed by atoms with Crippen LogP contribution in [0.15, 0.2) is 18.2 Å². The van der Waals surface area contributed by atoms with Gasteiger partial charge in [-0.25, -0.2) is 0 Å². The summed E-state index contributed by atoms with van der Waals surface area (Å²) in [4.78, 5) is 22.5. The Morgan fingerprint density at radius 2 is 2.16 bits per heavy atom. The van der Waals surface area contributed by atoms with Crippen molar-refractivity contribution >= 4 is 11.8 Å². The predicted molar refractivity (Wildman–Crippen MR) is 71.3 cm³/mol.